The standard InChI is InChI=1S/C30H45N/c1-8-12-13-14-15-16-20-28(18-9-2)30-29(24-27(11-4)22-25(5)6)23-26(10-3)19-17-21-31(30)7/h8,10,12-15,17,19,21,23,27-28,30H,1,3,5,9,11,16,18,20,22,24H2,2,4,6-7H3/b13-12-,15-14+,21-17+,26-19-,29-23-. The quantitative estimate of drug-likeness (QED) is 0.201. The first-order chi connectivity index (χ1) is 15.0. The smallest absolute Gasteiger partial charge is 0.0525 e. The monoisotopic (exact) mass is 419 g/mol. The molecule has 0 aliphatic carbocycles. The molecule has 0 amide bonds. The molecule has 0 N–H and O–H groups in total. The molecule has 0 aromatic carbocycles. The Bertz CT molecular complexity index is 713. The molecule has 0 bridgehead atoms. The molecule has 0 saturated carbocycles. The Hall–Kier alpha value is -2.28. The van der Waals surface area contributed by atoms with Gasteiger partial charge in [0, 0.05) is 7.05 Å². The van der Waals surface area contributed by atoms with Crippen LogP contribution in [0.3, 0.4) is 0 Å². The fourth-order valence-electron chi connectivity index (χ4n) is 4.58. The third-order valence-electron chi connectivity index (χ3n) is 6.06. The molecule has 1 aliphatic rings. The van der Waals surface area contributed by atoms with Gasteiger partial charge in [-0.3, -0.25) is 0 Å². The van der Waals surface area contributed by atoms with Gasteiger partial charge in [-0.2, -0.15) is 0 Å². The number of hydrogen-bond donors (Lipinski definition) is 0. The third kappa shape index (κ3) is 10.0. The van der Waals surface area contributed by atoms with Crippen molar-refractivity contribution in [3.8, 4) is 0 Å². The van der Waals surface area contributed by atoms with E-state index in [1.165, 1.54) is 36.8 Å². The van der Waals surface area contributed by atoms with Gasteiger partial charge in [0.2, 0.25) is 0 Å². The summed E-state index contributed by atoms with van der Waals surface area (Å²) in [6.45, 7) is 18.7. The van der Waals surface area contributed by atoms with Crippen molar-refractivity contribution in [1.29, 1.82) is 0 Å². The van der Waals surface area contributed by atoms with E-state index >= 15 is 0 Å². The van der Waals surface area contributed by atoms with Crippen LogP contribution in [0.25, 0.3) is 0 Å². The Morgan fingerprint density at radius 2 is 1.94 bits per heavy atom. The van der Waals surface area contributed by atoms with Gasteiger partial charge in [0.15, 0.2) is 0 Å². The van der Waals surface area contributed by atoms with Crippen molar-refractivity contribution in [2.75, 3.05) is 7.05 Å². The van der Waals surface area contributed by atoms with E-state index < -0.39 is 0 Å². The van der Waals surface area contributed by atoms with E-state index in [-0.39, 0.29) is 0 Å². The van der Waals surface area contributed by atoms with Gasteiger partial charge < -0.3 is 4.90 Å². The first kappa shape index (κ1) is 26.8. The number of allylic oxidation sites excluding steroid dienone is 11. The van der Waals surface area contributed by atoms with Gasteiger partial charge in [0.1, 0.15) is 0 Å². The van der Waals surface area contributed by atoms with E-state index in [1.54, 1.807) is 5.57 Å². The SMILES string of the molecule is C=C/C=C\C=C\CCC(CCC)C1\C(CC(CC)CC(=C)C)=C/C(C=C)=C\C=C\N1C. The fraction of sp³-hybridized carbons (Fsp3) is 0.467. The van der Waals surface area contributed by atoms with E-state index in [1.807, 2.05) is 18.2 Å². The Morgan fingerprint density at radius 3 is 2.55 bits per heavy atom. The average molecular weight is 420 g/mol. The molecule has 0 saturated heterocycles. The molecule has 1 nitrogen and oxygen atoms in total. The van der Waals surface area contributed by atoms with Crippen LogP contribution in [0.1, 0.15) is 65.7 Å². The summed E-state index contributed by atoms with van der Waals surface area (Å²) < 4.78 is 0. The van der Waals surface area contributed by atoms with Crippen LogP contribution in [-0.4, -0.2) is 18.0 Å². The number of rotatable bonds is 14. The molecule has 170 valence electrons. The summed E-state index contributed by atoms with van der Waals surface area (Å²) in [5.74, 6) is 1.26. The molecule has 0 aromatic rings. The molecular formula is C30H45N. The van der Waals surface area contributed by atoms with Crippen molar-refractivity contribution in [2.24, 2.45) is 11.8 Å². The molecule has 3 atom stereocenters. The lowest BCUT2D eigenvalue weighted by Gasteiger charge is -2.38. The average Bonchev–Trinajstić information content (AvgIpc) is 2.73. The van der Waals surface area contributed by atoms with Crippen LogP contribution in [0.5, 0.6) is 0 Å². The lowest BCUT2D eigenvalue weighted by Crippen LogP contribution is -2.37. The van der Waals surface area contributed by atoms with Gasteiger partial charge in [0.25, 0.3) is 0 Å². The summed E-state index contributed by atoms with van der Waals surface area (Å²) in [6.07, 6.45) is 29.4. The zero-order chi connectivity index (χ0) is 23.1. The topological polar surface area (TPSA) is 3.24 Å². The largest absolute Gasteiger partial charge is 0.373 e. The summed E-state index contributed by atoms with van der Waals surface area (Å²) in [4.78, 5) is 2.44. The highest BCUT2D eigenvalue weighted by Crippen LogP contribution is 2.34. The predicted octanol–water partition coefficient (Wildman–Crippen LogP) is 8.73. The van der Waals surface area contributed by atoms with Crippen LogP contribution in [-0.2, 0) is 0 Å². The van der Waals surface area contributed by atoms with E-state index in [0.717, 1.165) is 19.3 Å². The lowest BCUT2D eigenvalue weighted by molar-refractivity contribution is 0.234. The second kappa shape index (κ2) is 15.5. The highest BCUT2D eigenvalue weighted by Gasteiger charge is 2.28. The first-order valence-corrected chi connectivity index (χ1v) is 12.0. The number of likely N-dealkylation sites (N-methyl/N-ethyl adjacent to an activating group) is 1. The normalized spacial score (nSPS) is 23.4. The Balaban J connectivity index is 3.23. The van der Waals surface area contributed by atoms with Crippen LogP contribution in [0.15, 0.2) is 97.3 Å². The second-order valence-electron chi connectivity index (χ2n) is 8.86. The molecule has 0 fully saturated rings. The van der Waals surface area contributed by atoms with Crippen LogP contribution in [0, 0.1) is 11.8 Å². The molecule has 1 rings (SSSR count). The first-order valence-electron chi connectivity index (χ1n) is 12.0. The molecule has 0 radical (unpaired) electrons. The summed E-state index contributed by atoms with van der Waals surface area (Å²) in [5, 5.41) is 0. The van der Waals surface area contributed by atoms with Crippen LogP contribution in [0.2, 0.25) is 0 Å². The zero-order valence-corrected chi connectivity index (χ0v) is 20.5. The van der Waals surface area contributed by atoms with Crippen LogP contribution < -0.4 is 0 Å². The van der Waals surface area contributed by atoms with Crippen LogP contribution in [0.4, 0.5) is 0 Å². The predicted molar refractivity (Wildman–Crippen MR) is 141 cm³/mol. The van der Waals surface area contributed by atoms with E-state index in [9.17, 15) is 0 Å². The highest BCUT2D eigenvalue weighted by atomic mass is 15.1. The van der Waals surface area contributed by atoms with Gasteiger partial charge >= 0.3 is 0 Å². The van der Waals surface area contributed by atoms with Gasteiger partial charge in [-0.25, -0.2) is 0 Å². The maximum Gasteiger partial charge on any atom is 0.0525 e. The fourth-order valence-corrected chi connectivity index (χ4v) is 4.58. The lowest BCUT2D eigenvalue weighted by atomic mass is 9.79. The van der Waals surface area contributed by atoms with Gasteiger partial charge in [0.05, 0.1) is 6.04 Å². The Kier molecular flexibility index (Phi) is 13.4. The molecule has 3 unspecified atom stereocenters. The molecular weight excluding hydrogens is 374 g/mol. The third-order valence-corrected chi connectivity index (χ3v) is 6.06. The minimum atomic E-state index is 0.413. The molecule has 1 heterocycles. The van der Waals surface area contributed by atoms with E-state index in [0.29, 0.717) is 17.9 Å². The van der Waals surface area contributed by atoms with Gasteiger partial charge in [-0.15, -0.1) is 6.58 Å². The maximum absolute atomic E-state index is 4.18. The van der Waals surface area contributed by atoms with Crippen molar-refractivity contribution in [2.45, 2.75) is 71.8 Å². The summed E-state index contributed by atoms with van der Waals surface area (Å²) in [7, 11) is 2.24. The Morgan fingerprint density at radius 1 is 1.16 bits per heavy atom. The number of nitrogens with zero attached hydrogens (tertiary/aromatic N) is 1. The summed E-state index contributed by atoms with van der Waals surface area (Å²) in [6, 6.07) is 0.413. The minimum Gasteiger partial charge on any atom is -0.373 e. The highest BCUT2D eigenvalue weighted by molar-refractivity contribution is 5.38. The van der Waals surface area contributed by atoms with Crippen molar-refractivity contribution in [1.82, 2.24) is 4.90 Å². The van der Waals surface area contributed by atoms with Crippen LogP contribution >= 0.6 is 0 Å². The molecule has 1 aliphatic heterocycles. The zero-order valence-electron chi connectivity index (χ0n) is 20.5. The number of hydrogen-bond acceptors (Lipinski definition) is 1. The molecule has 1 heteroatoms. The van der Waals surface area contributed by atoms with Crippen molar-refractivity contribution < 1.29 is 0 Å². The molecule has 0 spiro atoms. The molecule has 0 aromatic heterocycles. The van der Waals surface area contributed by atoms with E-state index in [2.05, 4.69) is 95.1 Å². The maximum atomic E-state index is 4.18. The summed E-state index contributed by atoms with van der Waals surface area (Å²) in [5.41, 5.74) is 4.03. The van der Waals surface area contributed by atoms with Crippen molar-refractivity contribution in [3.63, 3.8) is 0 Å². The molecule has 31 heavy (non-hydrogen) atoms. The Labute approximate surface area is 193 Å². The minimum absolute atomic E-state index is 0.413. The van der Waals surface area contributed by atoms with Crippen molar-refractivity contribution in [3.05, 3.63) is 97.3 Å². The van der Waals surface area contributed by atoms with E-state index in [4.69, 9.17) is 0 Å². The van der Waals surface area contributed by atoms with Crippen molar-refractivity contribution >= 4 is 0 Å². The van der Waals surface area contributed by atoms with Gasteiger partial charge in [-0.05, 0) is 74.3 Å². The summed E-state index contributed by atoms with van der Waals surface area (Å²) >= 11 is 0. The second-order valence-corrected chi connectivity index (χ2v) is 8.86. The van der Waals surface area contributed by atoms with Gasteiger partial charge in [-0.1, -0.05) is 94.0 Å².